The molecule has 3 N–H and O–H groups in total. The van der Waals surface area contributed by atoms with Crippen LogP contribution in [0.1, 0.15) is 17.5 Å². The van der Waals surface area contributed by atoms with Gasteiger partial charge >= 0.3 is 0 Å². The quantitative estimate of drug-likeness (QED) is 0.588. The first-order chi connectivity index (χ1) is 7.15. The van der Waals surface area contributed by atoms with Gasteiger partial charge in [-0.3, -0.25) is 0 Å². The van der Waals surface area contributed by atoms with Gasteiger partial charge in [0.25, 0.3) is 0 Å². The number of hydrogen-bond acceptors (Lipinski definition) is 2. The summed E-state index contributed by atoms with van der Waals surface area (Å²) in [6, 6.07) is 3.13. The molecular weight excluding hydrogens is 191 g/mol. The minimum atomic E-state index is -0.265. The summed E-state index contributed by atoms with van der Waals surface area (Å²) in [4.78, 5) is 0. The van der Waals surface area contributed by atoms with Gasteiger partial charge in [-0.2, -0.15) is 0 Å². The molecule has 3 heteroatoms. The highest BCUT2D eigenvalue weighted by Gasteiger charge is 2.01. The number of hydrogen-bond donors (Lipinski definition) is 2. The van der Waals surface area contributed by atoms with E-state index in [4.69, 9.17) is 5.73 Å². The molecule has 0 fully saturated rings. The molecule has 0 aromatic heterocycles. The van der Waals surface area contributed by atoms with E-state index in [9.17, 15) is 4.39 Å². The molecule has 0 bridgehead atoms. The predicted molar refractivity (Wildman–Crippen MR) is 63.1 cm³/mol. The summed E-state index contributed by atoms with van der Waals surface area (Å²) in [7, 11) is 1.89. The van der Waals surface area contributed by atoms with E-state index in [1.807, 2.05) is 20.0 Å². The van der Waals surface area contributed by atoms with Crippen molar-refractivity contribution in [3.05, 3.63) is 35.2 Å². The SMILES string of the molecule is CNCCC=Cc1cc(C)c(N)cc1F. The van der Waals surface area contributed by atoms with E-state index in [2.05, 4.69) is 5.32 Å². The smallest absolute Gasteiger partial charge is 0.132 e. The van der Waals surface area contributed by atoms with Crippen molar-refractivity contribution in [1.82, 2.24) is 5.32 Å². The van der Waals surface area contributed by atoms with Gasteiger partial charge in [0.05, 0.1) is 0 Å². The van der Waals surface area contributed by atoms with Gasteiger partial charge in [-0.05, 0) is 44.6 Å². The first-order valence-corrected chi connectivity index (χ1v) is 5.02. The molecule has 0 amide bonds. The van der Waals surface area contributed by atoms with Gasteiger partial charge in [0.1, 0.15) is 5.82 Å². The second kappa shape index (κ2) is 5.51. The second-order valence-electron chi connectivity index (χ2n) is 3.52. The van der Waals surface area contributed by atoms with Crippen LogP contribution in [-0.2, 0) is 0 Å². The topological polar surface area (TPSA) is 38.0 Å². The molecule has 0 aliphatic carbocycles. The van der Waals surface area contributed by atoms with Crippen LogP contribution >= 0.6 is 0 Å². The summed E-state index contributed by atoms with van der Waals surface area (Å²) in [5.41, 5.74) is 7.59. The number of anilines is 1. The van der Waals surface area contributed by atoms with E-state index in [-0.39, 0.29) is 5.82 Å². The summed E-state index contributed by atoms with van der Waals surface area (Å²) >= 11 is 0. The molecule has 82 valence electrons. The van der Waals surface area contributed by atoms with Crippen LogP contribution in [0.3, 0.4) is 0 Å². The van der Waals surface area contributed by atoms with Gasteiger partial charge in [0, 0.05) is 11.3 Å². The Bertz CT molecular complexity index is 359. The molecule has 0 saturated heterocycles. The molecule has 1 rings (SSSR count). The number of nitrogen functional groups attached to an aromatic ring is 1. The molecule has 0 saturated carbocycles. The van der Waals surface area contributed by atoms with Crippen LogP contribution in [0.15, 0.2) is 18.2 Å². The lowest BCUT2D eigenvalue weighted by atomic mass is 10.1. The Morgan fingerprint density at radius 3 is 2.87 bits per heavy atom. The van der Waals surface area contributed by atoms with Crippen LogP contribution in [0.25, 0.3) is 6.08 Å². The second-order valence-corrected chi connectivity index (χ2v) is 3.52. The Hall–Kier alpha value is -1.35. The van der Waals surface area contributed by atoms with E-state index >= 15 is 0 Å². The fourth-order valence-corrected chi connectivity index (χ4v) is 1.28. The van der Waals surface area contributed by atoms with E-state index in [1.165, 1.54) is 6.07 Å². The van der Waals surface area contributed by atoms with E-state index in [1.54, 1.807) is 12.1 Å². The van der Waals surface area contributed by atoms with Crippen LogP contribution in [0.5, 0.6) is 0 Å². The molecule has 0 spiro atoms. The fraction of sp³-hybridized carbons (Fsp3) is 0.333. The highest BCUT2D eigenvalue weighted by atomic mass is 19.1. The number of benzene rings is 1. The van der Waals surface area contributed by atoms with Crippen LogP contribution in [-0.4, -0.2) is 13.6 Å². The zero-order valence-corrected chi connectivity index (χ0v) is 9.18. The number of aryl methyl sites for hydroxylation is 1. The average molecular weight is 208 g/mol. The van der Waals surface area contributed by atoms with Gasteiger partial charge < -0.3 is 11.1 Å². The maximum absolute atomic E-state index is 13.4. The van der Waals surface area contributed by atoms with Crippen molar-refractivity contribution in [2.45, 2.75) is 13.3 Å². The third-order valence-corrected chi connectivity index (χ3v) is 2.24. The lowest BCUT2D eigenvalue weighted by Gasteiger charge is -2.03. The fourth-order valence-electron chi connectivity index (χ4n) is 1.28. The minimum absolute atomic E-state index is 0.265. The molecule has 0 unspecified atom stereocenters. The summed E-state index contributed by atoms with van der Waals surface area (Å²) in [5, 5.41) is 3.02. The Kier molecular flexibility index (Phi) is 4.31. The first kappa shape index (κ1) is 11.7. The highest BCUT2D eigenvalue weighted by molar-refractivity contribution is 5.58. The summed E-state index contributed by atoms with van der Waals surface area (Å²) in [6.45, 7) is 2.77. The van der Waals surface area contributed by atoms with Crippen LogP contribution < -0.4 is 11.1 Å². The van der Waals surface area contributed by atoms with Crippen LogP contribution in [0.4, 0.5) is 10.1 Å². The lowest BCUT2D eigenvalue weighted by molar-refractivity contribution is 0.625. The zero-order valence-electron chi connectivity index (χ0n) is 9.18. The van der Waals surface area contributed by atoms with Gasteiger partial charge in [0.15, 0.2) is 0 Å². The van der Waals surface area contributed by atoms with Crippen molar-refractivity contribution >= 4 is 11.8 Å². The minimum Gasteiger partial charge on any atom is -0.398 e. The Morgan fingerprint density at radius 1 is 1.47 bits per heavy atom. The van der Waals surface area contributed by atoms with Gasteiger partial charge in [-0.25, -0.2) is 4.39 Å². The molecule has 0 aliphatic heterocycles. The van der Waals surface area contributed by atoms with Crippen LogP contribution in [0, 0.1) is 12.7 Å². The van der Waals surface area contributed by atoms with Crippen molar-refractivity contribution in [2.75, 3.05) is 19.3 Å². The van der Waals surface area contributed by atoms with E-state index in [0.717, 1.165) is 18.5 Å². The van der Waals surface area contributed by atoms with Gasteiger partial charge in [-0.1, -0.05) is 12.2 Å². The normalized spacial score (nSPS) is 11.1. The van der Waals surface area contributed by atoms with Crippen molar-refractivity contribution in [2.24, 2.45) is 0 Å². The Morgan fingerprint density at radius 2 is 2.20 bits per heavy atom. The monoisotopic (exact) mass is 208 g/mol. The summed E-state index contributed by atoms with van der Waals surface area (Å²) in [5.74, 6) is -0.265. The van der Waals surface area contributed by atoms with Gasteiger partial charge in [-0.15, -0.1) is 0 Å². The van der Waals surface area contributed by atoms with E-state index in [0.29, 0.717) is 11.3 Å². The average Bonchev–Trinajstić information content (AvgIpc) is 2.20. The standard InChI is InChI=1S/C12H17FN2/c1-9-7-10(5-3-4-6-15-2)11(13)8-12(9)14/h3,5,7-8,15H,4,6,14H2,1-2H3. The van der Waals surface area contributed by atoms with Crippen molar-refractivity contribution in [1.29, 1.82) is 0 Å². The Labute approximate surface area is 90.0 Å². The largest absolute Gasteiger partial charge is 0.398 e. The summed E-state index contributed by atoms with van der Waals surface area (Å²) in [6.07, 6.45) is 4.63. The number of nitrogens with one attached hydrogen (secondary N) is 1. The highest BCUT2D eigenvalue weighted by Crippen LogP contribution is 2.18. The van der Waals surface area contributed by atoms with Crippen molar-refractivity contribution < 1.29 is 4.39 Å². The maximum atomic E-state index is 13.4. The van der Waals surface area contributed by atoms with Crippen molar-refractivity contribution in [3.63, 3.8) is 0 Å². The zero-order chi connectivity index (χ0) is 11.3. The van der Waals surface area contributed by atoms with E-state index < -0.39 is 0 Å². The Balaban J connectivity index is 2.77. The molecule has 0 atom stereocenters. The predicted octanol–water partition coefficient (Wildman–Crippen LogP) is 2.34. The molecule has 1 aromatic rings. The third kappa shape index (κ3) is 3.36. The number of rotatable bonds is 4. The van der Waals surface area contributed by atoms with Crippen LogP contribution in [0.2, 0.25) is 0 Å². The van der Waals surface area contributed by atoms with Gasteiger partial charge in [0.2, 0.25) is 0 Å². The maximum Gasteiger partial charge on any atom is 0.132 e. The molecule has 0 radical (unpaired) electrons. The molecule has 15 heavy (non-hydrogen) atoms. The summed E-state index contributed by atoms with van der Waals surface area (Å²) < 4.78 is 13.4. The molecular formula is C12H17FN2. The van der Waals surface area contributed by atoms with Crippen molar-refractivity contribution in [3.8, 4) is 0 Å². The third-order valence-electron chi connectivity index (χ3n) is 2.24. The molecule has 1 aromatic carbocycles. The lowest BCUT2D eigenvalue weighted by Crippen LogP contribution is -2.05. The molecule has 0 heterocycles. The molecule has 0 aliphatic rings. The number of nitrogens with two attached hydrogens (primary N) is 1. The first-order valence-electron chi connectivity index (χ1n) is 5.02. The molecule has 2 nitrogen and oxygen atoms in total. The number of halogens is 1.